The SMILES string of the molecule is CC(C)[C@@H](NC(=O)[C@@H]1CCCN1C(=O)CNC(C)(C)C)C(=O)O. The number of carbonyl (C=O) groups is 3. The second-order valence-electron chi connectivity index (χ2n) is 7.42. The Bertz CT molecular complexity index is 457. The van der Waals surface area contributed by atoms with Crippen LogP contribution >= 0.6 is 0 Å². The molecule has 0 aromatic heterocycles. The van der Waals surface area contributed by atoms with E-state index in [2.05, 4.69) is 10.6 Å². The van der Waals surface area contributed by atoms with E-state index < -0.39 is 18.1 Å². The summed E-state index contributed by atoms with van der Waals surface area (Å²) in [6.07, 6.45) is 1.32. The third kappa shape index (κ3) is 5.82. The number of hydrogen-bond acceptors (Lipinski definition) is 4. The zero-order valence-electron chi connectivity index (χ0n) is 14.7. The van der Waals surface area contributed by atoms with Gasteiger partial charge in [-0.05, 0) is 39.5 Å². The highest BCUT2D eigenvalue weighted by atomic mass is 16.4. The van der Waals surface area contributed by atoms with Crippen LogP contribution < -0.4 is 10.6 Å². The van der Waals surface area contributed by atoms with Crippen LogP contribution in [0.1, 0.15) is 47.5 Å². The maximum absolute atomic E-state index is 12.4. The average molecular weight is 327 g/mol. The molecule has 132 valence electrons. The molecule has 1 aliphatic heterocycles. The third-order valence-corrected chi connectivity index (χ3v) is 3.88. The Hall–Kier alpha value is -1.63. The number of carboxylic acids is 1. The van der Waals surface area contributed by atoms with Crippen molar-refractivity contribution in [2.45, 2.75) is 65.1 Å². The molecule has 0 aromatic carbocycles. The fourth-order valence-electron chi connectivity index (χ4n) is 2.54. The highest BCUT2D eigenvalue weighted by Gasteiger charge is 2.36. The molecule has 23 heavy (non-hydrogen) atoms. The van der Waals surface area contributed by atoms with E-state index in [4.69, 9.17) is 0 Å². The van der Waals surface area contributed by atoms with Crippen LogP contribution in [0.2, 0.25) is 0 Å². The van der Waals surface area contributed by atoms with Gasteiger partial charge >= 0.3 is 5.97 Å². The molecule has 2 amide bonds. The van der Waals surface area contributed by atoms with E-state index in [1.54, 1.807) is 18.7 Å². The van der Waals surface area contributed by atoms with Crippen molar-refractivity contribution in [3.63, 3.8) is 0 Å². The lowest BCUT2D eigenvalue weighted by Crippen LogP contribution is -2.54. The third-order valence-electron chi connectivity index (χ3n) is 3.88. The van der Waals surface area contributed by atoms with Crippen LogP contribution in [0.15, 0.2) is 0 Å². The molecule has 0 spiro atoms. The summed E-state index contributed by atoms with van der Waals surface area (Å²) in [6.45, 7) is 10.1. The van der Waals surface area contributed by atoms with Crippen molar-refractivity contribution in [2.24, 2.45) is 5.92 Å². The molecular formula is C16H29N3O4. The van der Waals surface area contributed by atoms with Gasteiger partial charge < -0.3 is 20.6 Å². The summed E-state index contributed by atoms with van der Waals surface area (Å²) < 4.78 is 0. The highest BCUT2D eigenvalue weighted by molar-refractivity contribution is 5.91. The topological polar surface area (TPSA) is 98.7 Å². The van der Waals surface area contributed by atoms with E-state index in [1.165, 1.54) is 0 Å². The quantitative estimate of drug-likeness (QED) is 0.663. The lowest BCUT2D eigenvalue weighted by atomic mass is 10.0. The van der Waals surface area contributed by atoms with Gasteiger partial charge in [0.25, 0.3) is 0 Å². The number of rotatable bonds is 6. The molecule has 1 aliphatic rings. The Morgan fingerprint density at radius 2 is 1.87 bits per heavy atom. The minimum atomic E-state index is -1.06. The number of aliphatic carboxylic acids is 1. The molecular weight excluding hydrogens is 298 g/mol. The van der Waals surface area contributed by atoms with E-state index in [1.807, 2.05) is 20.8 Å². The predicted molar refractivity (Wildman–Crippen MR) is 86.9 cm³/mol. The van der Waals surface area contributed by atoms with E-state index in [9.17, 15) is 19.5 Å². The first-order chi connectivity index (χ1) is 10.5. The Balaban J connectivity index is 2.68. The van der Waals surface area contributed by atoms with Crippen molar-refractivity contribution >= 4 is 17.8 Å². The predicted octanol–water partition coefficient (Wildman–Crippen LogP) is 0.591. The van der Waals surface area contributed by atoms with E-state index in [-0.39, 0.29) is 29.8 Å². The molecule has 0 radical (unpaired) electrons. The summed E-state index contributed by atoms with van der Waals surface area (Å²) in [5.74, 6) is -1.79. The highest BCUT2D eigenvalue weighted by Crippen LogP contribution is 2.18. The van der Waals surface area contributed by atoms with Gasteiger partial charge in [-0.25, -0.2) is 4.79 Å². The summed E-state index contributed by atoms with van der Waals surface area (Å²) in [4.78, 5) is 37.5. The van der Waals surface area contributed by atoms with Crippen LogP contribution in [0.5, 0.6) is 0 Å². The molecule has 0 aromatic rings. The Kier molecular flexibility index (Phi) is 6.56. The van der Waals surface area contributed by atoms with Gasteiger partial charge in [0.15, 0.2) is 0 Å². The molecule has 1 fully saturated rings. The Labute approximate surface area is 137 Å². The standard InChI is InChI=1S/C16H29N3O4/c1-10(2)13(15(22)23)18-14(21)11-7-6-8-19(11)12(20)9-17-16(3,4)5/h10-11,13,17H,6-9H2,1-5H3,(H,18,21)(H,22,23)/t11-,13+/m0/s1. The molecule has 3 N–H and O–H groups in total. The van der Waals surface area contributed by atoms with Gasteiger partial charge in [0, 0.05) is 12.1 Å². The van der Waals surface area contributed by atoms with Crippen molar-refractivity contribution in [2.75, 3.05) is 13.1 Å². The van der Waals surface area contributed by atoms with Gasteiger partial charge in [-0.3, -0.25) is 9.59 Å². The lowest BCUT2D eigenvalue weighted by molar-refractivity contribution is -0.144. The number of amides is 2. The molecule has 1 saturated heterocycles. The second kappa shape index (κ2) is 7.77. The zero-order valence-corrected chi connectivity index (χ0v) is 14.7. The normalized spacial score (nSPS) is 19.7. The number of carbonyl (C=O) groups excluding carboxylic acids is 2. The maximum Gasteiger partial charge on any atom is 0.326 e. The van der Waals surface area contributed by atoms with Crippen LogP contribution in [-0.4, -0.2) is 58.5 Å². The van der Waals surface area contributed by atoms with Crippen molar-refractivity contribution in [1.82, 2.24) is 15.5 Å². The number of nitrogens with one attached hydrogen (secondary N) is 2. The van der Waals surface area contributed by atoms with E-state index in [0.717, 1.165) is 6.42 Å². The van der Waals surface area contributed by atoms with E-state index in [0.29, 0.717) is 13.0 Å². The summed E-state index contributed by atoms with van der Waals surface area (Å²) in [5.41, 5.74) is -0.181. The van der Waals surface area contributed by atoms with Crippen molar-refractivity contribution < 1.29 is 19.5 Å². The van der Waals surface area contributed by atoms with Gasteiger partial charge in [0.1, 0.15) is 12.1 Å². The van der Waals surface area contributed by atoms with Crippen LogP contribution in [0.3, 0.4) is 0 Å². The molecule has 1 heterocycles. The first-order valence-corrected chi connectivity index (χ1v) is 8.10. The monoisotopic (exact) mass is 327 g/mol. The number of hydrogen-bond donors (Lipinski definition) is 3. The van der Waals surface area contributed by atoms with Crippen LogP contribution in [0.4, 0.5) is 0 Å². The van der Waals surface area contributed by atoms with Gasteiger partial charge in [0.2, 0.25) is 11.8 Å². The molecule has 0 saturated carbocycles. The van der Waals surface area contributed by atoms with Crippen LogP contribution in [0, 0.1) is 5.92 Å². The summed E-state index contributed by atoms with van der Waals surface area (Å²) in [5, 5.41) is 14.9. The Morgan fingerprint density at radius 1 is 1.26 bits per heavy atom. The summed E-state index contributed by atoms with van der Waals surface area (Å²) in [7, 11) is 0. The van der Waals surface area contributed by atoms with Crippen molar-refractivity contribution in [3.8, 4) is 0 Å². The smallest absolute Gasteiger partial charge is 0.326 e. The Morgan fingerprint density at radius 3 is 2.35 bits per heavy atom. The summed E-state index contributed by atoms with van der Waals surface area (Å²) in [6, 6.07) is -1.52. The lowest BCUT2D eigenvalue weighted by Gasteiger charge is -2.28. The largest absolute Gasteiger partial charge is 0.480 e. The fraction of sp³-hybridized carbons (Fsp3) is 0.812. The van der Waals surface area contributed by atoms with Crippen LogP contribution in [0.25, 0.3) is 0 Å². The van der Waals surface area contributed by atoms with Gasteiger partial charge in [-0.2, -0.15) is 0 Å². The van der Waals surface area contributed by atoms with E-state index >= 15 is 0 Å². The second-order valence-corrected chi connectivity index (χ2v) is 7.42. The molecule has 7 nitrogen and oxygen atoms in total. The first kappa shape index (κ1) is 19.4. The average Bonchev–Trinajstić information content (AvgIpc) is 2.89. The first-order valence-electron chi connectivity index (χ1n) is 8.10. The maximum atomic E-state index is 12.4. The van der Waals surface area contributed by atoms with Gasteiger partial charge in [0.05, 0.1) is 6.54 Å². The van der Waals surface area contributed by atoms with Crippen molar-refractivity contribution in [3.05, 3.63) is 0 Å². The fourth-order valence-corrected chi connectivity index (χ4v) is 2.54. The molecule has 0 aliphatic carbocycles. The molecule has 0 unspecified atom stereocenters. The van der Waals surface area contributed by atoms with Gasteiger partial charge in [-0.15, -0.1) is 0 Å². The number of carboxylic acid groups (broad SMARTS) is 1. The molecule has 7 heteroatoms. The molecule has 1 rings (SSSR count). The number of likely N-dealkylation sites (tertiary alicyclic amines) is 1. The zero-order chi connectivity index (χ0) is 17.8. The van der Waals surface area contributed by atoms with Crippen LogP contribution in [-0.2, 0) is 14.4 Å². The minimum Gasteiger partial charge on any atom is -0.480 e. The van der Waals surface area contributed by atoms with Gasteiger partial charge in [-0.1, -0.05) is 13.8 Å². The van der Waals surface area contributed by atoms with Crippen molar-refractivity contribution in [1.29, 1.82) is 0 Å². The minimum absolute atomic E-state index is 0.131. The molecule has 0 bridgehead atoms. The summed E-state index contributed by atoms with van der Waals surface area (Å²) >= 11 is 0. The number of nitrogens with zero attached hydrogens (tertiary/aromatic N) is 1. The molecule has 2 atom stereocenters.